The molecule has 0 saturated carbocycles. The van der Waals surface area contributed by atoms with Gasteiger partial charge in [-0.05, 0) is 12.1 Å². The monoisotopic (exact) mass is 320 g/mol. The van der Waals surface area contributed by atoms with Gasteiger partial charge in [-0.3, -0.25) is 0 Å². The van der Waals surface area contributed by atoms with Crippen LogP contribution in [0.1, 0.15) is 0 Å². The third-order valence-corrected chi connectivity index (χ3v) is 3.04. The molecule has 3 rings (SSSR count). The molecule has 8 nitrogen and oxygen atoms in total. The van der Waals surface area contributed by atoms with Gasteiger partial charge < -0.3 is 14.6 Å². The van der Waals surface area contributed by atoms with Crippen LogP contribution in [0.4, 0.5) is 4.79 Å². The lowest BCUT2D eigenvalue weighted by molar-refractivity contribution is 0.119. The number of pyridine rings is 1. The second-order valence-corrected chi connectivity index (χ2v) is 4.54. The lowest BCUT2D eigenvalue weighted by Crippen LogP contribution is -2.11. The van der Waals surface area contributed by atoms with Gasteiger partial charge in [0.15, 0.2) is 11.0 Å². The minimum Gasteiger partial charge on any atom is -0.493 e. The largest absolute Gasteiger partial charge is 0.514 e. The molecule has 112 valence electrons. The van der Waals surface area contributed by atoms with Crippen molar-refractivity contribution in [2.75, 3.05) is 7.11 Å². The number of hydrogen-bond acceptors (Lipinski definition) is 7. The van der Waals surface area contributed by atoms with Gasteiger partial charge in [0.1, 0.15) is 5.82 Å². The molecular formula is C13H9ClN4O4. The number of ether oxygens (including phenoxy) is 2. The molecule has 0 unspecified atom stereocenters. The van der Waals surface area contributed by atoms with E-state index in [0.29, 0.717) is 5.02 Å². The molecule has 3 heterocycles. The normalized spacial score (nSPS) is 10.6. The van der Waals surface area contributed by atoms with Crippen LogP contribution in [-0.4, -0.2) is 37.9 Å². The summed E-state index contributed by atoms with van der Waals surface area (Å²) in [4.78, 5) is 23.6. The Morgan fingerprint density at radius 2 is 1.95 bits per heavy atom. The maximum atomic E-state index is 11.4. The maximum Gasteiger partial charge on any atom is 0.514 e. The van der Waals surface area contributed by atoms with Gasteiger partial charge in [0.25, 0.3) is 0 Å². The second-order valence-electron chi connectivity index (χ2n) is 4.11. The Bertz CT molecular complexity index is 847. The number of carbonyl (C=O) groups excluding carboxylic acids is 1. The number of aromatic hydroxyl groups is 1. The fourth-order valence-electron chi connectivity index (χ4n) is 1.89. The Hall–Kier alpha value is -2.87. The molecule has 9 heteroatoms. The van der Waals surface area contributed by atoms with Crippen LogP contribution < -0.4 is 4.74 Å². The van der Waals surface area contributed by atoms with Crippen molar-refractivity contribution in [3.63, 3.8) is 0 Å². The highest BCUT2D eigenvalue weighted by atomic mass is 35.5. The van der Waals surface area contributed by atoms with E-state index in [1.165, 1.54) is 30.3 Å². The molecule has 0 aliphatic rings. The van der Waals surface area contributed by atoms with Crippen LogP contribution in [0.25, 0.3) is 16.9 Å². The quantitative estimate of drug-likeness (QED) is 0.723. The predicted molar refractivity (Wildman–Crippen MR) is 76.4 cm³/mol. The fraction of sp³-hybridized carbons (Fsp3) is 0.0769. The number of aromatic nitrogens is 4. The first-order valence-corrected chi connectivity index (χ1v) is 6.41. The second kappa shape index (κ2) is 5.49. The smallest absolute Gasteiger partial charge is 0.493 e. The van der Waals surface area contributed by atoms with Crippen LogP contribution in [0.5, 0.6) is 11.8 Å². The van der Waals surface area contributed by atoms with Crippen LogP contribution >= 0.6 is 11.6 Å². The Morgan fingerprint density at radius 1 is 1.23 bits per heavy atom. The Morgan fingerprint density at radius 3 is 2.59 bits per heavy atom. The Labute approximate surface area is 128 Å². The van der Waals surface area contributed by atoms with E-state index in [4.69, 9.17) is 16.3 Å². The summed E-state index contributed by atoms with van der Waals surface area (Å²) in [6, 6.07) is 3.13. The minimum absolute atomic E-state index is 0.0535. The van der Waals surface area contributed by atoms with Crippen molar-refractivity contribution < 1.29 is 19.4 Å². The van der Waals surface area contributed by atoms with E-state index in [1.807, 2.05) is 0 Å². The number of carbonyl (C=O) groups is 1. The van der Waals surface area contributed by atoms with Gasteiger partial charge in [-0.25, -0.2) is 24.3 Å². The van der Waals surface area contributed by atoms with Crippen molar-refractivity contribution in [1.82, 2.24) is 19.5 Å². The van der Waals surface area contributed by atoms with Gasteiger partial charge in [0.2, 0.25) is 11.8 Å². The molecule has 0 bridgehead atoms. The first-order chi connectivity index (χ1) is 10.6. The lowest BCUT2D eigenvalue weighted by atomic mass is 10.4. The van der Waals surface area contributed by atoms with Gasteiger partial charge >= 0.3 is 6.16 Å². The Balaban J connectivity index is 2.27. The number of hydrogen-bond donors (Lipinski definition) is 1. The number of methoxy groups -OCH3 is 1. The van der Waals surface area contributed by atoms with Crippen LogP contribution in [0.15, 0.2) is 30.7 Å². The van der Waals surface area contributed by atoms with Gasteiger partial charge in [-0.1, -0.05) is 11.6 Å². The summed E-state index contributed by atoms with van der Waals surface area (Å²) in [6.07, 6.45) is 3.25. The predicted octanol–water partition coefficient (Wildman–Crippen LogP) is 2.32. The van der Waals surface area contributed by atoms with E-state index in [0.717, 1.165) is 0 Å². The lowest BCUT2D eigenvalue weighted by Gasteiger charge is -2.08. The van der Waals surface area contributed by atoms with Crippen molar-refractivity contribution in [2.24, 2.45) is 0 Å². The van der Waals surface area contributed by atoms with Gasteiger partial charge in [-0.2, -0.15) is 0 Å². The van der Waals surface area contributed by atoms with Crippen LogP contribution in [0.2, 0.25) is 5.02 Å². The zero-order valence-electron chi connectivity index (χ0n) is 11.2. The zero-order chi connectivity index (χ0) is 15.7. The average Bonchev–Trinajstić information content (AvgIpc) is 2.81. The molecule has 3 aromatic heterocycles. The molecule has 0 aliphatic heterocycles. The fourth-order valence-corrected chi connectivity index (χ4v) is 2.01. The third kappa shape index (κ3) is 2.29. The topological polar surface area (TPSA) is 99.4 Å². The average molecular weight is 321 g/mol. The minimum atomic E-state index is -0.958. The number of nitrogens with zero attached hydrogens (tertiary/aromatic N) is 4. The molecule has 1 N–H and O–H groups in total. The van der Waals surface area contributed by atoms with E-state index < -0.39 is 6.16 Å². The van der Waals surface area contributed by atoms with Crippen molar-refractivity contribution in [3.8, 4) is 17.6 Å². The molecule has 22 heavy (non-hydrogen) atoms. The highest BCUT2D eigenvalue weighted by molar-refractivity contribution is 6.30. The molecule has 0 atom stereocenters. The first kappa shape index (κ1) is 14.1. The summed E-state index contributed by atoms with van der Waals surface area (Å²) in [7, 11) is 1.17. The van der Waals surface area contributed by atoms with E-state index >= 15 is 0 Å². The van der Waals surface area contributed by atoms with E-state index in [2.05, 4.69) is 19.7 Å². The standard InChI is InChI=1S/C13H9ClN4O4/c1-21-13(20)22-12-10-9(15-4-5-16-10)11(19)18(12)8-3-2-7(14)6-17-8/h2-6,19H,1H3. The molecule has 3 aromatic rings. The summed E-state index contributed by atoms with van der Waals surface area (Å²) in [5, 5.41) is 10.8. The molecule has 0 aromatic carbocycles. The van der Waals surface area contributed by atoms with Crippen molar-refractivity contribution in [2.45, 2.75) is 0 Å². The molecule has 0 fully saturated rings. The summed E-state index contributed by atoms with van der Waals surface area (Å²) in [6.45, 7) is 0. The number of rotatable bonds is 2. The van der Waals surface area contributed by atoms with Crippen LogP contribution in [0.3, 0.4) is 0 Å². The molecule has 0 saturated heterocycles. The maximum absolute atomic E-state index is 11.4. The van der Waals surface area contributed by atoms with Crippen molar-refractivity contribution in [3.05, 3.63) is 35.7 Å². The summed E-state index contributed by atoms with van der Waals surface area (Å²) >= 11 is 5.80. The highest BCUT2D eigenvalue weighted by Crippen LogP contribution is 2.36. The summed E-state index contributed by atoms with van der Waals surface area (Å²) in [5.74, 6) is -0.0419. The van der Waals surface area contributed by atoms with Gasteiger partial charge in [-0.15, -0.1) is 0 Å². The van der Waals surface area contributed by atoms with Crippen molar-refractivity contribution in [1.29, 1.82) is 0 Å². The Kier molecular flexibility index (Phi) is 3.51. The van der Waals surface area contributed by atoms with Crippen LogP contribution in [0, 0.1) is 0 Å². The molecule has 0 aliphatic carbocycles. The van der Waals surface area contributed by atoms with E-state index in [-0.39, 0.29) is 28.6 Å². The first-order valence-electron chi connectivity index (χ1n) is 6.04. The summed E-state index contributed by atoms with van der Waals surface area (Å²) < 4.78 is 10.7. The van der Waals surface area contributed by atoms with Crippen LogP contribution in [-0.2, 0) is 4.74 Å². The number of halogens is 1. The molecule has 0 spiro atoms. The van der Waals surface area contributed by atoms with E-state index in [1.54, 1.807) is 12.1 Å². The van der Waals surface area contributed by atoms with E-state index in [9.17, 15) is 9.90 Å². The van der Waals surface area contributed by atoms with Crippen molar-refractivity contribution >= 4 is 28.8 Å². The van der Waals surface area contributed by atoms with Gasteiger partial charge in [0.05, 0.1) is 12.1 Å². The number of fused-ring (bicyclic) bond motifs is 1. The van der Waals surface area contributed by atoms with Gasteiger partial charge in [0, 0.05) is 18.6 Å². The zero-order valence-corrected chi connectivity index (χ0v) is 12.0. The molecular weight excluding hydrogens is 312 g/mol. The SMILES string of the molecule is COC(=O)Oc1c2nccnc2c(O)n1-c1ccc(Cl)cn1. The molecule has 0 amide bonds. The molecule has 0 radical (unpaired) electrons. The third-order valence-electron chi connectivity index (χ3n) is 2.82. The summed E-state index contributed by atoms with van der Waals surface area (Å²) in [5.41, 5.74) is 0.361. The highest BCUT2D eigenvalue weighted by Gasteiger charge is 2.24.